The number of benzene rings is 1. The summed E-state index contributed by atoms with van der Waals surface area (Å²) in [6, 6.07) is 6.97. The first-order valence-electron chi connectivity index (χ1n) is 10.0. The lowest BCUT2D eigenvalue weighted by Gasteiger charge is -2.51. The second-order valence-electron chi connectivity index (χ2n) is 7.90. The molecule has 3 rings (SSSR count). The van der Waals surface area contributed by atoms with E-state index in [1.165, 1.54) is 6.07 Å². The summed E-state index contributed by atoms with van der Waals surface area (Å²) < 4.78 is 19.0. The van der Waals surface area contributed by atoms with Gasteiger partial charge in [-0.3, -0.25) is 14.6 Å². The zero-order valence-corrected chi connectivity index (χ0v) is 16.2. The van der Waals surface area contributed by atoms with E-state index >= 15 is 0 Å². The van der Waals surface area contributed by atoms with Crippen LogP contribution in [0.5, 0.6) is 0 Å². The molecule has 2 heterocycles. The summed E-state index contributed by atoms with van der Waals surface area (Å²) in [5, 5.41) is 10.00. The van der Waals surface area contributed by atoms with Crippen molar-refractivity contribution in [1.29, 1.82) is 0 Å². The van der Waals surface area contributed by atoms with Crippen molar-refractivity contribution in [3.63, 3.8) is 0 Å². The van der Waals surface area contributed by atoms with Crippen molar-refractivity contribution < 1.29 is 19.0 Å². The van der Waals surface area contributed by atoms with Crippen molar-refractivity contribution in [1.82, 2.24) is 9.80 Å². The molecule has 1 aromatic rings. The van der Waals surface area contributed by atoms with Crippen molar-refractivity contribution in [2.24, 2.45) is 11.3 Å². The van der Waals surface area contributed by atoms with Gasteiger partial charge in [0.2, 0.25) is 0 Å². The number of aliphatic hydroxyl groups is 1. The molecule has 1 spiro atoms. The van der Waals surface area contributed by atoms with Crippen LogP contribution in [0.3, 0.4) is 0 Å². The lowest BCUT2D eigenvalue weighted by molar-refractivity contribution is -0.146. The average molecular weight is 378 g/mol. The zero-order valence-electron chi connectivity index (χ0n) is 16.2. The first-order valence-corrected chi connectivity index (χ1v) is 10.0. The molecule has 150 valence electrons. The highest BCUT2D eigenvalue weighted by Crippen LogP contribution is 2.45. The Bertz CT molecular complexity index is 632. The molecule has 0 radical (unpaired) electrons. The van der Waals surface area contributed by atoms with Gasteiger partial charge in [0.15, 0.2) is 0 Å². The maximum Gasteiger partial charge on any atom is 0.320 e. The minimum atomic E-state index is -0.190. The molecule has 1 aromatic carbocycles. The molecule has 0 unspecified atom stereocenters. The number of rotatable bonds is 6. The van der Waals surface area contributed by atoms with Crippen LogP contribution >= 0.6 is 0 Å². The third-order valence-corrected chi connectivity index (χ3v) is 6.35. The number of hydrogen-bond acceptors (Lipinski definition) is 5. The Morgan fingerprint density at radius 2 is 1.89 bits per heavy atom. The molecule has 0 aromatic heterocycles. The van der Waals surface area contributed by atoms with Crippen LogP contribution in [0.2, 0.25) is 0 Å². The summed E-state index contributed by atoms with van der Waals surface area (Å²) in [7, 11) is 0. The largest absolute Gasteiger partial charge is 0.465 e. The van der Waals surface area contributed by atoms with Gasteiger partial charge >= 0.3 is 5.97 Å². The van der Waals surface area contributed by atoms with Crippen LogP contribution in [0, 0.1) is 17.2 Å². The van der Waals surface area contributed by atoms with Crippen molar-refractivity contribution >= 4 is 5.97 Å². The quantitative estimate of drug-likeness (QED) is 0.770. The molecular formula is C21H31FN2O3. The Labute approximate surface area is 161 Å². The van der Waals surface area contributed by atoms with Gasteiger partial charge in [0.25, 0.3) is 0 Å². The fraction of sp³-hybridized carbons (Fsp3) is 0.667. The fourth-order valence-corrected chi connectivity index (χ4v) is 4.65. The molecule has 1 atom stereocenters. The first-order chi connectivity index (χ1) is 13.1. The summed E-state index contributed by atoms with van der Waals surface area (Å²) in [5.41, 5.74) is 0.877. The SMILES string of the molecule is CCOC(=O)CN1CCC2(CCN(Cc3ccccc3F)CC2)[C@@H](CO)C1. The van der Waals surface area contributed by atoms with Crippen LogP contribution in [0.1, 0.15) is 31.7 Å². The molecule has 0 saturated carbocycles. The number of halogens is 1. The third kappa shape index (κ3) is 4.86. The van der Waals surface area contributed by atoms with Crippen LogP contribution in [-0.4, -0.2) is 66.8 Å². The topological polar surface area (TPSA) is 53.0 Å². The summed E-state index contributed by atoms with van der Waals surface area (Å²) in [6.07, 6.45) is 3.02. The van der Waals surface area contributed by atoms with Gasteiger partial charge in [-0.15, -0.1) is 0 Å². The Morgan fingerprint density at radius 3 is 2.52 bits per heavy atom. The molecule has 5 nitrogen and oxygen atoms in total. The molecular weight excluding hydrogens is 347 g/mol. The Kier molecular flexibility index (Phi) is 6.84. The highest BCUT2D eigenvalue weighted by molar-refractivity contribution is 5.71. The van der Waals surface area contributed by atoms with E-state index in [9.17, 15) is 14.3 Å². The number of nitrogens with zero attached hydrogens (tertiary/aromatic N) is 2. The van der Waals surface area contributed by atoms with Gasteiger partial charge in [-0.25, -0.2) is 4.39 Å². The molecule has 0 aliphatic carbocycles. The molecule has 27 heavy (non-hydrogen) atoms. The average Bonchev–Trinajstić information content (AvgIpc) is 2.67. The number of carbonyl (C=O) groups is 1. The van der Waals surface area contributed by atoms with Gasteiger partial charge in [0.05, 0.1) is 13.2 Å². The highest BCUT2D eigenvalue weighted by atomic mass is 19.1. The number of hydrogen-bond donors (Lipinski definition) is 1. The molecule has 1 N–H and O–H groups in total. The molecule has 2 aliphatic heterocycles. The van der Waals surface area contributed by atoms with Gasteiger partial charge in [-0.2, -0.15) is 0 Å². The minimum Gasteiger partial charge on any atom is -0.465 e. The number of ether oxygens (including phenoxy) is 1. The number of likely N-dealkylation sites (tertiary alicyclic amines) is 2. The highest BCUT2D eigenvalue weighted by Gasteiger charge is 2.44. The first kappa shape index (κ1) is 20.2. The van der Waals surface area contributed by atoms with Gasteiger partial charge < -0.3 is 9.84 Å². The normalized spacial score (nSPS) is 23.4. The predicted molar refractivity (Wildman–Crippen MR) is 102 cm³/mol. The number of aliphatic hydroxyl groups excluding tert-OH is 1. The summed E-state index contributed by atoms with van der Waals surface area (Å²) in [4.78, 5) is 16.2. The van der Waals surface area contributed by atoms with Crippen LogP contribution in [-0.2, 0) is 16.1 Å². The lowest BCUT2D eigenvalue weighted by atomic mass is 9.64. The van der Waals surface area contributed by atoms with Crippen LogP contribution in [0.4, 0.5) is 4.39 Å². The molecule has 0 bridgehead atoms. The minimum absolute atomic E-state index is 0.131. The van der Waals surface area contributed by atoms with Crippen molar-refractivity contribution in [2.75, 3.05) is 45.9 Å². The Morgan fingerprint density at radius 1 is 1.22 bits per heavy atom. The number of esters is 1. The Balaban J connectivity index is 1.55. The maximum absolute atomic E-state index is 13.9. The fourth-order valence-electron chi connectivity index (χ4n) is 4.65. The standard InChI is InChI=1S/C21H31FN2O3/c1-2-27-20(26)15-24-12-9-21(18(14-24)16-25)7-10-23(11-8-21)13-17-5-3-4-6-19(17)22/h3-6,18,25H,2,7-16H2,1H3/t18-/m1/s1. The van der Waals surface area contributed by atoms with E-state index in [-0.39, 0.29) is 29.7 Å². The van der Waals surface area contributed by atoms with Crippen molar-refractivity contribution in [2.45, 2.75) is 32.7 Å². The van der Waals surface area contributed by atoms with Gasteiger partial charge in [0.1, 0.15) is 5.82 Å². The number of carbonyl (C=O) groups excluding carboxylic acids is 1. The molecule has 2 fully saturated rings. The predicted octanol–water partition coefficient (Wildman–Crippen LogP) is 2.29. The molecule has 2 aliphatic rings. The van der Waals surface area contributed by atoms with E-state index in [4.69, 9.17) is 4.74 Å². The maximum atomic E-state index is 13.9. The van der Waals surface area contributed by atoms with Crippen molar-refractivity contribution in [3.8, 4) is 0 Å². The lowest BCUT2D eigenvalue weighted by Crippen LogP contribution is -2.54. The second kappa shape index (κ2) is 9.13. The van der Waals surface area contributed by atoms with Crippen LogP contribution in [0.25, 0.3) is 0 Å². The summed E-state index contributed by atoms with van der Waals surface area (Å²) in [6.45, 7) is 6.75. The van der Waals surface area contributed by atoms with E-state index in [0.717, 1.165) is 51.0 Å². The van der Waals surface area contributed by atoms with E-state index in [2.05, 4.69) is 9.80 Å². The zero-order chi connectivity index (χ0) is 19.3. The van der Waals surface area contributed by atoms with Gasteiger partial charge in [-0.05, 0) is 57.3 Å². The van der Waals surface area contributed by atoms with Crippen LogP contribution in [0.15, 0.2) is 24.3 Å². The Hall–Kier alpha value is -1.50. The molecule has 0 amide bonds. The molecule has 2 saturated heterocycles. The van der Waals surface area contributed by atoms with Gasteiger partial charge in [-0.1, -0.05) is 18.2 Å². The molecule has 6 heteroatoms. The second-order valence-corrected chi connectivity index (χ2v) is 7.90. The monoisotopic (exact) mass is 378 g/mol. The summed E-state index contributed by atoms with van der Waals surface area (Å²) >= 11 is 0. The van der Waals surface area contributed by atoms with E-state index in [0.29, 0.717) is 19.7 Å². The van der Waals surface area contributed by atoms with E-state index < -0.39 is 0 Å². The number of piperidine rings is 2. The van der Waals surface area contributed by atoms with E-state index in [1.807, 2.05) is 19.1 Å². The van der Waals surface area contributed by atoms with E-state index in [1.54, 1.807) is 6.07 Å². The van der Waals surface area contributed by atoms with Gasteiger partial charge in [0, 0.05) is 31.2 Å². The third-order valence-electron chi connectivity index (χ3n) is 6.35. The van der Waals surface area contributed by atoms with Crippen molar-refractivity contribution in [3.05, 3.63) is 35.6 Å². The van der Waals surface area contributed by atoms with Crippen LogP contribution < -0.4 is 0 Å². The summed E-state index contributed by atoms with van der Waals surface area (Å²) in [5.74, 6) is -0.153. The smallest absolute Gasteiger partial charge is 0.320 e.